The first kappa shape index (κ1) is 22.1. The molecule has 1 atom stereocenters. The first-order chi connectivity index (χ1) is 16.5. The highest BCUT2D eigenvalue weighted by Crippen LogP contribution is 2.25. The number of aromatic nitrogens is 3. The fourth-order valence-corrected chi connectivity index (χ4v) is 4.24. The van der Waals surface area contributed by atoms with Gasteiger partial charge in [0.05, 0.1) is 6.54 Å². The van der Waals surface area contributed by atoms with E-state index >= 15 is 0 Å². The van der Waals surface area contributed by atoms with E-state index in [-0.39, 0.29) is 5.75 Å². The van der Waals surface area contributed by atoms with Gasteiger partial charge in [0, 0.05) is 60.4 Å². The van der Waals surface area contributed by atoms with E-state index in [9.17, 15) is 8.78 Å². The molecule has 1 saturated heterocycles. The van der Waals surface area contributed by atoms with Crippen LogP contribution in [0, 0.1) is 0 Å². The van der Waals surface area contributed by atoms with Crippen molar-refractivity contribution in [3.63, 3.8) is 0 Å². The van der Waals surface area contributed by atoms with E-state index in [0.717, 1.165) is 30.7 Å². The maximum Gasteiger partial charge on any atom is 0.387 e. The molecule has 0 radical (unpaired) electrons. The summed E-state index contributed by atoms with van der Waals surface area (Å²) in [4.78, 5) is 11.5. The first-order valence-electron chi connectivity index (χ1n) is 11.3. The maximum absolute atomic E-state index is 12.8. The Kier molecular flexibility index (Phi) is 6.27. The summed E-state index contributed by atoms with van der Waals surface area (Å²) in [6.07, 6.45) is 3.62. The Balaban J connectivity index is 1.33. The zero-order valence-corrected chi connectivity index (χ0v) is 18.8. The number of alkyl halides is 2. The van der Waals surface area contributed by atoms with Crippen molar-refractivity contribution < 1.29 is 13.5 Å². The average Bonchev–Trinajstić information content (AvgIpc) is 3.22. The second-order valence-corrected chi connectivity index (χ2v) is 8.38. The number of nitrogens with one attached hydrogen (secondary N) is 2. The lowest BCUT2D eigenvalue weighted by Gasteiger charge is -2.33. The van der Waals surface area contributed by atoms with E-state index in [2.05, 4.69) is 49.3 Å². The molecule has 2 aromatic heterocycles. The molecule has 0 spiro atoms. The van der Waals surface area contributed by atoms with Crippen molar-refractivity contribution in [1.82, 2.24) is 19.9 Å². The molecule has 1 aliphatic rings. The smallest absolute Gasteiger partial charge is 0.387 e. The molecule has 2 aromatic carbocycles. The van der Waals surface area contributed by atoms with Gasteiger partial charge >= 0.3 is 6.61 Å². The molecule has 3 heterocycles. The zero-order valence-electron chi connectivity index (χ0n) is 18.8. The van der Waals surface area contributed by atoms with Gasteiger partial charge in [-0.05, 0) is 43.3 Å². The van der Waals surface area contributed by atoms with Gasteiger partial charge in [0.25, 0.3) is 0 Å². The van der Waals surface area contributed by atoms with Crippen LogP contribution < -0.4 is 20.3 Å². The van der Waals surface area contributed by atoms with Crippen LogP contribution in [0.5, 0.6) is 5.75 Å². The van der Waals surface area contributed by atoms with Crippen molar-refractivity contribution in [3.8, 4) is 5.75 Å². The van der Waals surface area contributed by atoms with Crippen molar-refractivity contribution in [3.05, 3.63) is 72.6 Å². The Morgan fingerprint density at radius 3 is 2.76 bits per heavy atom. The molecular formula is C25H26F2N6O. The van der Waals surface area contributed by atoms with Crippen molar-refractivity contribution in [2.24, 2.45) is 0 Å². The number of halogens is 2. The predicted molar refractivity (Wildman–Crippen MR) is 129 cm³/mol. The third-order valence-corrected chi connectivity index (χ3v) is 5.89. The summed E-state index contributed by atoms with van der Waals surface area (Å²) in [5, 5.41) is 7.58. The van der Waals surface area contributed by atoms with E-state index in [1.165, 1.54) is 5.69 Å². The quantitative estimate of drug-likeness (QED) is 0.416. The van der Waals surface area contributed by atoms with Gasteiger partial charge in [-0.2, -0.15) is 13.8 Å². The number of benzene rings is 2. The highest BCUT2D eigenvalue weighted by Gasteiger charge is 2.16. The number of hydrogen-bond acceptors (Lipinski definition) is 6. The number of anilines is 3. The van der Waals surface area contributed by atoms with Gasteiger partial charge in [-0.15, -0.1) is 0 Å². The SMILES string of the molecule is CC1CN(c2ccc(Nc3ncc4ccn(Cc5ccccc5OC(F)F)c4n3)cc2)CCN1. The summed E-state index contributed by atoms with van der Waals surface area (Å²) in [5.41, 5.74) is 3.43. The van der Waals surface area contributed by atoms with Crippen LogP contribution in [0.15, 0.2) is 67.0 Å². The van der Waals surface area contributed by atoms with Crippen LogP contribution in [0.4, 0.5) is 26.1 Å². The average molecular weight is 465 g/mol. The zero-order chi connectivity index (χ0) is 23.5. The van der Waals surface area contributed by atoms with Crippen LogP contribution in [0.1, 0.15) is 12.5 Å². The lowest BCUT2D eigenvalue weighted by molar-refractivity contribution is -0.0504. The molecular weight excluding hydrogens is 438 g/mol. The molecule has 0 aliphatic carbocycles. The normalized spacial score (nSPS) is 16.2. The summed E-state index contributed by atoms with van der Waals surface area (Å²) in [7, 11) is 0. The second-order valence-electron chi connectivity index (χ2n) is 8.38. The van der Waals surface area contributed by atoms with Gasteiger partial charge in [0.15, 0.2) is 0 Å². The van der Waals surface area contributed by atoms with Gasteiger partial charge in [0.2, 0.25) is 5.95 Å². The van der Waals surface area contributed by atoms with E-state index < -0.39 is 6.61 Å². The standard InChI is InChI=1S/C25H26F2N6O/c1-17-15-32(13-11-28-17)21-8-6-20(7-9-21)30-25-29-14-18-10-12-33(23(18)31-25)16-19-4-2-3-5-22(19)34-24(26)27/h2-10,12,14,17,24,28H,11,13,15-16H2,1H3,(H,29,30,31). The molecule has 0 bridgehead atoms. The monoisotopic (exact) mass is 464 g/mol. The van der Waals surface area contributed by atoms with Crippen LogP contribution in [0.25, 0.3) is 11.0 Å². The van der Waals surface area contributed by atoms with E-state index in [1.54, 1.807) is 30.5 Å². The Bertz CT molecular complexity index is 1260. The number of piperazine rings is 1. The third kappa shape index (κ3) is 4.94. The number of fused-ring (bicyclic) bond motifs is 1. The number of hydrogen-bond donors (Lipinski definition) is 2. The van der Waals surface area contributed by atoms with Gasteiger partial charge < -0.3 is 24.8 Å². The molecule has 1 unspecified atom stereocenters. The minimum absolute atomic E-state index is 0.158. The molecule has 9 heteroatoms. The van der Waals surface area contributed by atoms with Crippen LogP contribution >= 0.6 is 0 Å². The Hall–Kier alpha value is -3.72. The molecule has 0 saturated carbocycles. The number of rotatable bonds is 7. The van der Waals surface area contributed by atoms with E-state index in [1.807, 2.05) is 29.0 Å². The number of nitrogens with zero attached hydrogens (tertiary/aromatic N) is 4. The molecule has 34 heavy (non-hydrogen) atoms. The van der Waals surface area contributed by atoms with Gasteiger partial charge in [-0.25, -0.2) is 4.98 Å². The minimum atomic E-state index is -2.87. The summed E-state index contributed by atoms with van der Waals surface area (Å²) >= 11 is 0. The van der Waals surface area contributed by atoms with Crippen molar-refractivity contribution >= 4 is 28.4 Å². The largest absolute Gasteiger partial charge is 0.434 e. The summed E-state index contributed by atoms with van der Waals surface area (Å²) in [5.74, 6) is 0.624. The van der Waals surface area contributed by atoms with Gasteiger partial charge in [0.1, 0.15) is 11.4 Å². The lowest BCUT2D eigenvalue weighted by Crippen LogP contribution is -2.49. The Labute approximate surface area is 196 Å². The van der Waals surface area contributed by atoms with Crippen LogP contribution in [0.3, 0.4) is 0 Å². The molecule has 4 aromatic rings. The topological polar surface area (TPSA) is 67.2 Å². The fourth-order valence-electron chi connectivity index (χ4n) is 4.24. The van der Waals surface area contributed by atoms with Crippen molar-refractivity contribution in [1.29, 1.82) is 0 Å². The molecule has 176 valence electrons. The maximum atomic E-state index is 12.8. The lowest BCUT2D eigenvalue weighted by atomic mass is 10.2. The van der Waals surface area contributed by atoms with Crippen LogP contribution in [-0.2, 0) is 6.54 Å². The summed E-state index contributed by atoms with van der Waals surface area (Å²) in [6.45, 7) is 2.61. The highest BCUT2D eigenvalue weighted by atomic mass is 19.3. The van der Waals surface area contributed by atoms with E-state index in [4.69, 9.17) is 0 Å². The molecule has 0 amide bonds. The van der Waals surface area contributed by atoms with Crippen LogP contribution in [-0.4, -0.2) is 46.8 Å². The molecule has 5 rings (SSSR count). The van der Waals surface area contributed by atoms with Crippen molar-refractivity contribution in [2.45, 2.75) is 26.1 Å². The van der Waals surface area contributed by atoms with Gasteiger partial charge in [-0.1, -0.05) is 18.2 Å². The summed E-state index contributed by atoms with van der Waals surface area (Å²) in [6, 6.07) is 17.4. The Morgan fingerprint density at radius 2 is 1.97 bits per heavy atom. The summed E-state index contributed by atoms with van der Waals surface area (Å²) < 4.78 is 32.1. The fraction of sp³-hybridized carbons (Fsp3) is 0.280. The van der Waals surface area contributed by atoms with E-state index in [0.29, 0.717) is 29.7 Å². The van der Waals surface area contributed by atoms with Gasteiger partial charge in [-0.3, -0.25) is 0 Å². The first-order valence-corrected chi connectivity index (χ1v) is 11.3. The molecule has 7 nitrogen and oxygen atoms in total. The van der Waals surface area contributed by atoms with Crippen LogP contribution in [0.2, 0.25) is 0 Å². The number of ether oxygens (including phenoxy) is 1. The molecule has 1 aliphatic heterocycles. The second kappa shape index (κ2) is 9.64. The minimum Gasteiger partial charge on any atom is -0.434 e. The van der Waals surface area contributed by atoms with Crippen molar-refractivity contribution in [2.75, 3.05) is 29.9 Å². The predicted octanol–water partition coefficient (Wildman–Crippen LogP) is 4.62. The highest BCUT2D eigenvalue weighted by molar-refractivity contribution is 5.77. The third-order valence-electron chi connectivity index (χ3n) is 5.89. The molecule has 2 N–H and O–H groups in total. The Morgan fingerprint density at radius 1 is 1.15 bits per heavy atom. The number of para-hydroxylation sites is 1. The molecule has 1 fully saturated rings.